The summed E-state index contributed by atoms with van der Waals surface area (Å²) in [5, 5.41) is 16.2. The van der Waals surface area contributed by atoms with Crippen molar-refractivity contribution in [2.45, 2.75) is 12.8 Å². The average Bonchev–Trinajstić information content (AvgIpc) is 2.88. The number of nitrogens with zero attached hydrogens (tertiary/aromatic N) is 2. The molecule has 36 heavy (non-hydrogen) atoms. The van der Waals surface area contributed by atoms with Gasteiger partial charge in [0.1, 0.15) is 0 Å². The Hall–Kier alpha value is -3.96. The van der Waals surface area contributed by atoms with Crippen LogP contribution >= 0.6 is 0 Å². The molecule has 0 aromatic carbocycles. The second-order valence-electron chi connectivity index (χ2n) is 7.48. The molecule has 0 aromatic heterocycles. The van der Waals surface area contributed by atoms with E-state index in [-0.39, 0.29) is 37.2 Å². The average molecular weight is 507 g/mol. The zero-order valence-electron chi connectivity index (χ0n) is 21.2. The van der Waals surface area contributed by atoms with Crippen LogP contribution in [0.25, 0.3) is 0 Å². The van der Waals surface area contributed by atoms with Crippen LogP contribution in [0.3, 0.4) is 0 Å². The van der Waals surface area contributed by atoms with E-state index in [0.717, 1.165) is 0 Å². The van der Waals surface area contributed by atoms with E-state index in [4.69, 9.17) is 0 Å². The van der Waals surface area contributed by atoms with Crippen molar-refractivity contribution in [2.24, 2.45) is 0 Å². The van der Waals surface area contributed by atoms with Gasteiger partial charge in [-0.25, -0.2) is 19.2 Å². The van der Waals surface area contributed by atoms with Crippen LogP contribution in [0.4, 0.5) is 19.2 Å². The van der Waals surface area contributed by atoms with E-state index in [2.05, 4.69) is 58.2 Å². The Kier molecular flexibility index (Phi) is 19.2. The zero-order valence-corrected chi connectivity index (χ0v) is 21.2. The fraction of sp³-hybridized carbons (Fsp3) is 0.500. The van der Waals surface area contributed by atoms with Crippen LogP contribution in [0.2, 0.25) is 0 Å². The minimum absolute atomic E-state index is 0.278. The Balaban J connectivity index is 4.90. The first-order valence-corrected chi connectivity index (χ1v) is 11.9. The summed E-state index contributed by atoms with van der Waals surface area (Å²) in [5.41, 5.74) is 0. The molecule has 8 amide bonds. The first kappa shape index (κ1) is 32.0. The molecule has 0 saturated heterocycles. The molecule has 0 aromatic rings. The van der Waals surface area contributed by atoms with E-state index in [1.807, 2.05) is 0 Å². The molecule has 0 bridgehead atoms. The highest BCUT2D eigenvalue weighted by molar-refractivity contribution is 5.76. The normalized spacial score (nSPS) is 9.67. The van der Waals surface area contributed by atoms with Crippen LogP contribution in [0.1, 0.15) is 12.8 Å². The summed E-state index contributed by atoms with van der Waals surface area (Å²) in [6.07, 6.45) is 7.36. The molecule has 0 rings (SSSR count). The van der Waals surface area contributed by atoms with Gasteiger partial charge in [0.25, 0.3) is 0 Å². The van der Waals surface area contributed by atoms with Crippen LogP contribution < -0.4 is 31.9 Å². The Bertz CT molecular complexity index is 669. The molecule has 0 fully saturated rings. The minimum atomic E-state index is -0.311. The summed E-state index contributed by atoms with van der Waals surface area (Å²) < 4.78 is 0. The van der Waals surface area contributed by atoms with Crippen molar-refractivity contribution in [3.05, 3.63) is 50.6 Å². The first-order chi connectivity index (χ1) is 17.4. The summed E-state index contributed by atoms with van der Waals surface area (Å²) in [6, 6.07) is -1.21. The van der Waals surface area contributed by atoms with Gasteiger partial charge in [0.05, 0.1) is 0 Å². The summed E-state index contributed by atoms with van der Waals surface area (Å²) in [5.74, 6) is 0. The Morgan fingerprint density at radius 1 is 0.500 bits per heavy atom. The van der Waals surface area contributed by atoms with Gasteiger partial charge in [-0.15, -0.1) is 26.3 Å². The predicted molar refractivity (Wildman–Crippen MR) is 143 cm³/mol. The lowest BCUT2D eigenvalue weighted by atomic mass is 10.3. The van der Waals surface area contributed by atoms with E-state index < -0.39 is 0 Å². The van der Waals surface area contributed by atoms with Crippen molar-refractivity contribution in [1.82, 2.24) is 41.7 Å². The van der Waals surface area contributed by atoms with Crippen LogP contribution in [0, 0.1) is 0 Å². The topological polar surface area (TPSA) is 147 Å². The number of nitrogens with one attached hydrogen (secondary N) is 6. The van der Waals surface area contributed by atoms with E-state index in [9.17, 15) is 19.2 Å². The van der Waals surface area contributed by atoms with Crippen molar-refractivity contribution in [1.29, 1.82) is 0 Å². The molecule has 0 atom stereocenters. The van der Waals surface area contributed by atoms with Gasteiger partial charge < -0.3 is 41.7 Å². The first-order valence-electron chi connectivity index (χ1n) is 11.9. The molecule has 202 valence electrons. The summed E-state index contributed by atoms with van der Waals surface area (Å²) in [4.78, 5) is 51.7. The highest BCUT2D eigenvalue weighted by Gasteiger charge is 2.17. The lowest BCUT2D eigenvalue weighted by Gasteiger charge is -2.28. The summed E-state index contributed by atoms with van der Waals surface area (Å²) >= 11 is 0. The number of amides is 8. The molecule has 12 nitrogen and oxygen atoms in total. The van der Waals surface area contributed by atoms with Gasteiger partial charge in [-0.3, -0.25) is 0 Å². The maximum absolute atomic E-state index is 12.6. The quantitative estimate of drug-likeness (QED) is 0.115. The number of carbonyl (C=O) groups is 4. The largest absolute Gasteiger partial charge is 0.338 e. The molecule has 0 heterocycles. The second-order valence-corrected chi connectivity index (χ2v) is 7.48. The van der Waals surface area contributed by atoms with Crippen molar-refractivity contribution in [3.63, 3.8) is 0 Å². The van der Waals surface area contributed by atoms with Gasteiger partial charge >= 0.3 is 24.1 Å². The van der Waals surface area contributed by atoms with Crippen LogP contribution in [-0.2, 0) is 0 Å². The standard InChI is InChI=1S/C24H42N8O4/c1-5-11-25-21(33)27-15-9-17-31(23(35)29-13-7-3)19-20-32(24(36)30-14-8-4)18-10-16-28-22(34)26-12-6-2/h5-8H,1-4,9-20H2,(H,29,35)(H,30,36)(H2,25,27,33)(H2,26,28,34). The number of rotatable bonds is 19. The third kappa shape index (κ3) is 16.6. The van der Waals surface area contributed by atoms with Gasteiger partial charge in [-0.2, -0.15) is 0 Å². The number of hydrogen-bond donors (Lipinski definition) is 6. The Morgan fingerprint density at radius 2 is 0.833 bits per heavy atom. The Morgan fingerprint density at radius 3 is 1.17 bits per heavy atom. The predicted octanol–water partition coefficient (Wildman–Crippen LogP) is 1.13. The van der Waals surface area contributed by atoms with Crippen molar-refractivity contribution >= 4 is 24.1 Å². The minimum Gasteiger partial charge on any atom is -0.338 e. The number of urea groups is 4. The van der Waals surface area contributed by atoms with Gasteiger partial charge in [-0.1, -0.05) is 24.3 Å². The van der Waals surface area contributed by atoms with Gasteiger partial charge in [0.2, 0.25) is 0 Å². The van der Waals surface area contributed by atoms with Crippen LogP contribution in [0.5, 0.6) is 0 Å². The molecule has 0 spiro atoms. The van der Waals surface area contributed by atoms with E-state index in [1.54, 1.807) is 34.1 Å². The maximum Gasteiger partial charge on any atom is 0.317 e. The SMILES string of the molecule is C=CCNC(=O)NCCCN(CCN(CCCNC(=O)NCC=C)C(=O)NCC=C)C(=O)NCC=C. The molecule has 0 aliphatic rings. The Labute approximate surface area is 214 Å². The molecule has 0 unspecified atom stereocenters. The summed E-state index contributed by atoms with van der Waals surface area (Å²) in [7, 11) is 0. The monoisotopic (exact) mass is 506 g/mol. The van der Waals surface area contributed by atoms with Crippen molar-refractivity contribution < 1.29 is 19.2 Å². The van der Waals surface area contributed by atoms with Gasteiger partial charge in [-0.05, 0) is 12.8 Å². The molecule has 0 aliphatic carbocycles. The molecular formula is C24H42N8O4. The van der Waals surface area contributed by atoms with Crippen LogP contribution in [0.15, 0.2) is 50.6 Å². The molecule has 0 radical (unpaired) electrons. The summed E-state index contributed by atoms with van der Waals surface area (Å²) in [6.45, 7) is 17.7. The molecule has 0 saturated carbocycles. The number of carbonyl (C=O) groups excluding carboxylic acids is 4. The highest BCUT2D eigenvalue weighted by Crippen LogP contribution is 1.99. The lowest BCUT2D eigenvalue weighted by molar-refractivity contribution is 0.175. The molecule has 12 heteroatoms. The van der Waals surface area contributed by atoms with Gasteiger partial charge in [0.15, 0.2) is 0 Å². The second kappa shape index (κ2) is 21.6. The highest BCUT2D eigenvalue weighted by atomic mass is 16.2. The van der Waals surface area contributed by atoms with Crippen LogP contribution in [-0.4, -0.2) is 99.4 Å². The maximum atomic E-state index is 12.6. The fourth-order valence-corrected chi connectivity index (χ4v) is 2.81. The lowest BCUT2D eigenvalue weighted by Crippen LogP contribution is -2.48. The van der Waals surface area contributed by atoms with Crippen molar-refractivity contribution in [3.8, 4) is 0 Å². The van der Waals surface area contributed by atoms with E-state index >= 15 is 0 Å². The molecular weight excluding hydrogens is 464 g/mol. The molecule has 0 aliphatic heterocycles. The van der Waals surface area contributed by atoms with Gasteiger partial charge in [0, 0.05) is 65.4 Å². The fourth-order valence-electron chi connectivity index (χ4n) is 2.81. The van der Waals surface area contributed by atoms with E-state index in [1.165, 1.54) is 0 Å². The van der Waals surface area contributed by atoms with E-state index in [0.29, 0.717) is 65.2 Å². The third-order valence-electron chi connectivity index (χ3n) is 4.60. The van der Waals surface area contributed by atoms with Crippen molar-refractivity contribution in [2.75, 3.05) is 65.4 Å². The zero-order chi connectivity index (χ0) is 27.0. The molecule has 6 N–H and O–H groups in total. The number of hydrogen-bond acceptors (Lipinski definition) is 4. The third-order valence-corrected chi connectivity index (χ3v) is 4.60. The smallest absolute Gasteiger partial charge is 0.317 e.